The number of hydrogen-bond acceptors (Lipinski definition) is 3. The van der Waals surface area contributed by atoms with Crippen molar-refractivity contribution in [1.82, 2.24) is 0 Å². The molecule has 4 nitrogen and oxygen atoms in total. The molecular formula is C15H20Cl2N2O2. The standard InChI is InChI=1S/C15H20Cl2N2O2/c16-14-6-1-10(8-15(14)17)7-12(9-18)11-2-4-13(5-3-11)19(20)21/h7,10-11,13-15H,1-6,8H2/b12-7+/t10-,11?,13?,14-,15+/m0/s1. The van der Waals surface area contributed by atoms with E-state index < -0.39 is 6.04 Å². The van der Waals surface area contributed by atoms with Crippen LogP contribution < -0.4 is 0 Å². The van der Waals surface area contributed by atoms with Gasteiger partial charge in [-0.15, -0.1) is 23.2 Å². The highest BCUT2D eigenvalue weighted by molar-refractivity contribution is 6.30. The molecular weight excluding hydrogens is 311 g/mol. The quantitative estimate of drug-likeness (QED) is 0.335. The number of nitriles is 1. The van der Waals surface area contributed by atoms with E-state index in [9.17, 15) is 15.4 Å². The lowest BCUT2D eigenvalue weighted by Gasteiger charge is -2.29. The maximum atomic E-state index is 10.8. The third kappa shape index (κ3) is 4.34. The van der Waals surface area contributed by atoms with Crippen LogP contribution in [0.25, 0.3) is 0 Å². The lowest BCUT2D eigenvalue weighted by molar-refractivity contribution is -0.526. The Labute approximate surface area is 135 Å². The average Bonchev–Trinajstić information content (AvgIpc) is 2.48. The van der Waals surface area contributed by atoms with Gasteiger partial charge in [0.1, 0.15) is 0 Å². The first-order valence-electron chi connectivity index (χ1n) is 7.54. The van der Waals surface area contributed by atoms with E-state index in [1.54, 1.807) is 0 Å². The van der Waals surface area contributed by atoms with Gasteiger partial charge in [0.2, 0.25) is 6.04 Å². The van der Waals surface area contributed by atoms with Crippen LogP contribution in [0.3, 0.4) is 0 Å². The number of allylic oxidation sites excluding steroid dienone is 2. The summed E-state index contributed by atoms with van der Waals surface area (Å²) in [5.74, 6) is 0.485. The van der Waals surface area contributed by atoms with Crippen LogP contribution in [-0.4, -0.2) is 21.7 Å². The molecule has 0 unspecified atom stereocenters. The van der Waals surface area contributed by atoms with E-state index in [1.807, 2.05) is 0 Å². The summed E-state index contributed by atoms with van der Waals surface area (Å²) in [5, 5.41) is 20.2. The second-order valence-corrected chi connectivity index (χ2v) is 7.25. The first-order valence-corrected chi connectivity index (χ1v) is 8.42. The van der Waals surface area contributed by atoms with Crippen LogP contribution in [0, 0.1) is 33.3 Å². The molecule has 3 atom stereocenters. The minimum atomic E-state index is -0.430. The van der Waals surface area contributed by atoms with Crippen molar-refractivity contribution in [3.63, 3.8) is 0 Å². The molecule has 0 heterocycles. The fourth-order valence-electron chi connectivity index (χ4n) is 3.38. The van der Waals surface area contributed by atoms with E-state index in [-0.39, 0.29) is 21.6 Å². The minimum absolute atomic E-state index is 0.0254. The number of nitro groups is 1. The Hall–Kier alpha value is -0.790. The van der Waals surface area contributed by atoms with Crippen molar-refractivity contribution >= 4 is 23.2 Å². The molecule has 0 aromatic carbocycles. The fraction of sp³-hybridized carbons (Fsp3) is 0.800. The van der Waals surface area contributed by atoms with Gasteiger partial charge in [-0.3, -0.25) is 10.1 Å². The zero-order valence-electron chi connectivity index (χ0n) is 11.9. The first-order chi connectivity index (χ1) is 10.0. The normalized spacial score (nSPS) is 37.8. The van der Waals surface area contributed by atoms with Gasteiger partial charge < -0.3 is 0 Å². The number of nitrogens with zero attached hydrogens (tertiary/aromatic N) is 2. The summed E-state index contributed by atoms with van der Waals surface area (Å²) >= 11 is 12.3. The summed E-state index contributed by atoms with van der Waals surface area (Å²) in [7, 11) is 0. The molecule has 2 fully saturated rings. The molecule has 0 spiro atoms. The molecule has 21 heavy (non-hydrogen) atoms. The van der Waals surface area contributed by atoms with E-state index >= 15 is 0 Å². The highest BCUT2D eigenvalue weighted by Crippen LogP contribution is 2.36. The average molecular weight is 331 g/mol. The van der Waals surface area contributed by atoms with Gasteiger partial charge >= 0.3 is 0 Å². The molecule has 0 radical (unpaired) electrons. The lowest BCUT2D eigenvalue weighted by atomic mass is 9.79. The molecule has 6 heteroatoms. The van der Waals surface area contributed by atoms with Crippen LogP contribution in [0.15, 0.2) is 11.6 Å². The second-order valence-electron chi connectivity index (χ2n) is 6.13. The Morgan fingerprint density at radius 2 is 1.81 bits per heavy atom. The number of hydrogen-bond donors (Lipinski definition) is 0. The van der Waals surface area contributed by atoms with Crippen molar-refractivity contribution in [2.24, 2.45) is 11.8 Å². The Bertz CT molecular complexity index is 453. The molecule has 0 aliphatic heterocycles. The van der Waals surface area contributed by atoms with Gasteiger partial charge in [0.25, 0.3) is 0 Å². The summed E-state index contributed by atoms with van der Waals surface area (Å²) in [5.41, 5.74) is 0.790. The summed E-state index contributed by atoms with van der Waals surface area (Å²) in [6, 6.07) is 1.87. The third-order valence-electron chi connectivity index (χ3n) is 4.71. The zero-order valence-corrected chi connectivity index (χ0v) is 13.4. The summed E-state index contributed by atoms with van der Waals surface area (Å²) in [6.45, 7) is 0. The summed E-state index contributed by atoms with van der Waals surface area (Å²) < 4.78 is 0. The van der Waals surface area contributed by atoms with Gasteiger partial charge in [0.05, 0.1) is 11.4 Å². The molecule has 2 saturated carbocycles. The van der Waals surface area contributed by atoms with Crippen molar-refractivity contribution in [3.05, 3.63) is 21.8 Å². The monoisotopic (exact) mass is 330 g/mol. The van der Waals surface area contributed by atoms with Crippen LogP contribution >= 0.6 is 23.2 Å². The maximum Gasteiger partial charge on any atom is 0.213 e. The van der Waals surface area contributed by atoms with Gasteiger partial charge in [0.15, 0.2) is 0 Å². The topological polar surface area (TPSA) is 66.9 Å². The molecule has 0 aromatic rings. The number of halogens is 2. The van der Waals surface area contributed by atoms with Crippen molar-refractivity contribution in [1.29, 1.82) is 5.26 Å². The SMILES string of the molecule is N#C/C(=C\[C@@H]1CC[C@H](Cl)[C@H](Cl)C1)C1CCC([N+](=O)[O-])CC1. The third-order valence-corrected chi connectivity index (χ3v) is 5.85. The highest BCUT2D eigenvalue weighted by Gasteiger charge is 2.31. The summed E-state index contributed by atoms with van der Waals surface area (Å²) in [6.07, 6.45) is 7.32. The van der Waals surface area contributed by atoms with Crippen LogP contribution in [0.2, 0.25) is 0 Å². The first kappa shape index (κ1) is 16.6. The molecule has 0 aromatic heterocycles. The molecule has 0 N–H and O–H groups in total. The zero-order chi connectivity index (χ0) is 15.4. The molecule has 2 rings (SSSR count). The van der Waals surface area contributed by atoms with Crippen LogP contribution in [-0.2, 0) is 0 Å². The van der Waals surface area contributed by atoms with E-state index in [2.05, 4.69) is 12.1 Å². The summed E-state index contributed by atoms with van der Waals surface area (Å²) in [4.78, 5) is 10.6. The van der Waals surface area contributed by atoms with Gasteiger partial charge in [0, 0.05) is 28.7 Å². The van der Waals surface area contributed by atoms with Crippen molar-refractivity contribution in [2.75, 3.05) is 0 Å². The Kier molecular flexibility index (Phi) is 5.89. The Morgan fingerprint density at radius 1 is 1.14 bits per heavy atom. The van der Waals surface area contributed by atoms with Crippen LogP contribution in [0.5, 0.6) is 0 Å². The van der Waals surface area contributed by atoms with Gasteiger partial charge in [-0.25, -0.2) is 0 Å². The minimum Gasteiger partial charge on any atom is -0.264 e. The molecule has 0 amide bonds. The molecule has 2 aliphatic rings. The maximum absolute atomic E-state index is 10.8. The van der Waals surface area contributed by atoms with E-state index in [1.165, 1.54) is 0 Å². The number of rotatable bonds is 3. The smallest absolute Gasteiger partial charge is 0.213 e. The fourth-order valence-corrected chi connectivity index (χ4v) is 3.96. The van der Waals surface area contributed by atoms with Gasteiger partial charge in [-0.05, 0) is 43.9 Å². The molecule has 2 aliphatic carbocycles. The molecule has 0 bridgehead atoms. The van der Waals surface area contributed by atoms with Crippen molar-refractivity contribution in [3.8, 4) is 6.07 Å². The molecule has 116 valence electrons. The predicted molar refractivity (Wildman–Crippen MR) is 83.1 cm³/mol. The van der Waals surface area contributed by atoms with Crippen molar-refractivity contribution < 1.29 is 4.92 Å². The van der Waals surface area contributed by atoms with Crippen molar-refractivity contribution in [2.45, 2.75) is 61.7 Å². The van der Waals surface area contributed by atoms with E-state index in [0.29, 0.717) is 18.8 Å². The van der Waals surface area contributed by atoms with E-state index in [4.69, 9.17) is 23.2 Å². The lowest BCUT2D eigenvalue weighted by Crippen LogP contribution is -2.27. The van der Waals surface area contributed by atoms with Crippen LogP contribution in [0.1, 0.15) is 44.9 Å². The largest absolute Gasteiger partial charge is 0.264 e. The second kappa shape index (κ2) is 7.47. The highest BCUT2D eigenvalue weighted by atomic mass is 35.5. The number of alkyl halides is 2. The Morgan fingerprint density at radius 3 is 2.33 bits per heavy atom. The van der Waals surface area contributed by atoms with Crippen LogP contribution in [0.4, 0.5) is 0 Å². The van der Waals surface area contributed by atoms with E-state index in [0.717, 1.165) is 37.7 Å². The predicted octanol–water partition coefficient (Wildman–Crippen LogP) is 4.29. The molecule has 0 saturated heterocycles. The Balaban J connectivity index is 1.96. The van der Waals surface area contributed by atoms with Gasteiger partial charge in [-0.2, -0.15) is 5.26 Å². The van der Waals surface area contributed by atoms with Gasteiger partial charge in [-0.1, -0.05) is 6.08 Å².